The van der Waals surface area contributed by atoms with Gasteiger partial charge in [-0.3, -0.25) is 0 Å². The number of benzene rings is 2. The van der Waals surface area contributed by atoms with Gasteiger partial charge in [-0.1, -0.05) is 24.3 Å². The van der Waals surface area contributed by atoms with E-state index in [0.29, 0.717) is 18.7 Å². The topological polar surface area (TPSA) is 47.3 Å². The highest BCUT2D eigenvalue weighted by molar-refractivity contribution is 5.67. The van der Waals surface area contributed by atoms with Gasteiger partial charge in [-0.05, 0) is 31.2 Å². The molecule has 0 saturated carbocycles. The first-order chi connectivity index (χ1) is 10.1. The molecular formula is C17H17FN2O. The third-order valence-electron chi connectivity index (χ3n) is 3.25. The Kier molecular flexibility index (Phi) is 4.91. The van der Waals surface area contributed by atoms with E-state index in [-0.39, 0.29) is 5.56 Å². The zero-order valence-corrected chi connectivity index (χ0v) is 11.8. The van der Waals surface area contributed by atoms with Gasteiger partial charge in [0.15, 0.2) is 0 Å². The van der Waals surface area contributed by atoms with Crippen LogP contribution in [0.1, 0.15) is 25.0 Å². The van der Waals surface area contributed by atoms with Crippen LogP contribution in [0, 0.1) is 17.1 Å². The van der Waals surface area contributed by atoms with Crippen molar-refractivity contribution >= 4 is 11.4 Å². The lowest BCUT2D eigenvalue weighted by Crippen LogP contribution is -2.20. The lowest BCUT2D eigenvalue weighted by atomic mass is 10.1. The number of hydrogen-bond acceptors (Lipinski definition) is 3. The van der Waals surface area contributed by atoms with Gasteiger partial charge in [-0.25, -0.2) is 4.39 Å². The number of para-hydroxylation sites is 1. The first-order valence-corrected chi connectivity index (χ1v) is 6.81. The van der Waals surface area contributed by atoms with Gasteiger partial charge in [0.1, 0.15) is 5.82 Å². The minimum absolute atomic E-state index is 0.249. The molecule has 0 spiro atoms. The van der Waals surface area contributed by atoms with Gasteiger partial charge in [-0.15, -0.1) is 0 Å². The standard InChI is InChI=1S/C17H17FN2O/c1-13(21)17-15(18)9-5-10-16(17)20(12-6-11-19)14-7-3-2-4-8-14/h2-5,7-10,13,21H,6,12H2,1H3/t13-/m1/s1. The van der Waals surface area contributed by atoms with E-state index >= 15 is 0 Å². The summed E-state index contributed by atoms with van der Waals surface area (Å²) in [7, 11) is 0. The molecule has 108 valence electrons. The molecule has 1 atom stereocenters. The van der Waals surface area contributed by atoms with Crippen LogP contribution in [-0.4, -0.2) is 11.7 Å². The molecule has 3 nitrogen and oxygen atoms in total. The fourth-order valence-electron chi connectivity index (χ4n) is 2.33. The van der Waals surface area contributed by atoms with Crippen molar-refractivity contribution in [2.45, 2.75) is 19.4 Å². The van der Waals surface area contributed by atoms with Gasteiger partial charge in [0.05, 0.1) is 18.6 Å². The molecule has 2 aromatic carbocycles. The summed E-state index contributed by atoms with van der Waals surface area (Å²) >= 11 is 0. The van der Waals surface area contributed by atoms with Crippen molar-refractivity contribution in [1.82, 2.24) is 0 Å². The minimum Gasteiger partial charge on any atom is -0.389 e. The first kappa shape index (κ1) is 15.0. The van der Waals surface area contributed by atoms with Gasteiger partial charge < -0.3 is 10.0 Å². The first-order valence-electron chi connectivity index (χ1n) is 6.81. The van der Waals surface area contributed by atoms with E-state index in [1.165, 1.54) is 13.0 Å². The van der Waals surface area contributed by atoms with Crippen LogP contribution < -0.4 is 4.90 Å². The number of halogens is 1. The average molecular weight is 284 g/mol. The fraction of sp³-hybridized carbons (Fsp3) is 0.235. The van der Waals surface area contributed by atoms with Crippen molar-refractivity contribution < 1.29 is 9.50 Å². The number of hydrogen-bond donors (Lipinski definition) is 1. The number of anilines is 2. The molecule has 0 unspecified atom stereocenters. The maximum atomic E-state index is 14.0. The Labute approximate surface area is 123 Å². The molecule has 0 aliphatic heterocycles. The van der Waals surface area contributed by atoms with Crippen LogP contribution in [0.25, 0.3) is 0 Å². The molecule has 0 bridgehead atoms. The SMILES string of the molecule is C[C@@H](O)c1c(F)cccc1N(CCC#N)c1ccccc1. The third kappa shape index (κ3) is 3.39. The Morgan fingerprint density at radius 1 is 1.19 bits per heavy atom. The Morgan fingerprint density at radius 3 is 2.52 bits per heavy atom. The Morgan fingerprint density at radius 2 is 1.90 bits per heavy atom. The van der Waals surface area contributed by atoms with Crippen LogP contribution >= 0.6 is 0 Å². The molecular weight excluding hydrogens is 267 g/mol. The van der Waals surface area contributed by atoms with Crippen molar-refractivity contribution in [3.63, 3.8) is 0 Å². The average Bonchev–Trinajstić information content (AvgIpc) is 2.48. The number of aliphatic hydroxyl groups excluding tert-OH is 1. The summed E-state index contributed by atoms with van der Waals surface area (Å²) in [6.07, 6.45) is -0.612. The van der Waals surface area contributed by atoms with Gasteiger partial charge >= 0.3 is 0 Å². The van der Waals surface area contributed by atoms with Crippen molar-refractivity contribution in [2.75, 3.05) is 11.4 Å². The van der Waals surface area contributed by atoms with Crippen molar-refractivity contribution in [3.8, 4) is 6.07 Å². The Bertz CT molecular complexity index is 635. The van der Waals surface area contributed by atoms with Crippen LogP contribution in [0.5, 0.6) is 0 Å². The van der Waals surface area contributed by atoms with E-state index in [2.05, 4.69) is 6.07 Å². The van der Waals surface area contributed by atoms with E-state index in [1.54, 1.807) is 12.1 Å². The largest absolute Gasteiger partial charge is 0.389 e. The highest BCUT2D eigenvalue weighted by Crippen LogP contribution is 2.33. The summed E-state index contributed by atoms with van der Waals surface area (Å²) in [5.74, 6) is -0.444. The molecule has 21 heavy (non-hydrogen) atoms. The Hall–Kier alpha value is -2.38. The summed E-state index contributed by atoms with van der Waals surface area (Å²) in [6.45, 7) is 1.97. The number of rotatable bonds is 5. The lowest BCUT2D eigenvalue weighted by Gasteiger charge is -2.27. The number of nitrogens with zero attached hydrogens (tertiary/aromatic N) is 2. The molecule has 0 aromatic heterocycles. The van der Waals surface area contributed by atoms with Crippen LogP contribution in [0.3, 0.4) is 0 Å². The quantitative estimate of drug-likeness (QED) is 0.905. The lowest BCUT2D eigenvalue weighted by molar-refractivity contribution is 0.194. The van der Waals surface area contributed by atoms with Gasteiger partial charge in [-0.2, -0.15) is 5.26 Å². The van der Waals surface area contributed by atoms with E-state index < -0.39 is 11.9 Å². The van der Waals surface area contributed by atoms with Crippen LogP contribution in [-0.2, 0) is 0 Å². The second-order valence-corrected chi connectivity index (χ2v) is 4.74. The van der Waals surface area contributed by atoms with Gasteiger partial charge in [0.2, 0.25) is 0 Å². The normalized spacial score (nSPS) is 11.7. The van der Waals surface area contributed by atoms with Crippen LogP contribution in [0.2, 0.25) is 0 Å². The molecule has 0 aliphatic rings. The monoisotopic (exact) mass is 284 g/mol. The van der Waals surface area contributed by atoms with E-state index in [9.17, 15) is 9.50 Å². The maximum Gasteiger partial charge on any atom is 0.131 e. The summed E-state index contributed by atoms with van der Waals surface area (Å²) in [4.78, 5) is 1.86. The Balaban J connectivity index is 2.52. The van der Waals surface area contributed by atoms with E-state index in [4.69, 9.17) is 5.26 Å². The van der Waals surface area contributed by atoms with Gasteiger partial charge in [0, 0.05) is 23.5 Å². The highest BCUT2D eigenvalue weighted by atomic mass is 19.1. The number of nitriles is 1. The zero-order chi connectivity index (χ0) is 15.2. The van der Waals surface area contributed by atoms with Crippen LogP contribution in [0.4, 0.5) is 15.8 Å². The van der Waals surface area contributed by atoms with Crippen molar-refractivity contribution in [1.29, 1.82) is 5.26 Å². The summed E-state index contributed by atoms with van der Waals surface area (Å²) in [5.41, 5.74) is 1.70. The minimum atomic E-state index is -0.922. The second-order valence-electron chi connectivity index (χ2n) is 4.74. The third-order valence-corrected chi connectivity index (χ3v) is 3.25. The highest BCUT2D eigenvalue weighted by Gasteiger charge is 2.19. The molecule has 0 radical (unpaired) electrons. The maximum absolute atomic E-state index is 14.0. The molecule has 4 heteroatoms. The fourth-order valence-corrected chi connectivity index (χ4v) is 2.33. The van der Waals surface area contributed by atoms with Crippen molar-refractivity contribution in [2.24, 2.45) is 0 Å². The molecule has 0 amide bonds. The molecule has 0 saturated heterocycles. The smallest absolute Gasteiger partial charge is 0.131 e. The summed E-state index contributed by atoms with van der Waals surface area (Å²) < 4.78 is 14.0. The molecule has 0 fully saturated rings. The van der Waals surface area contributed by atoms with Crippen molar-refractivity contribution in [3.05, 3.63) is 59.9 Å². The second kappa shape index (κ2) is 6.87. The predicted octanol–water partition coefficient (Wildman–Crippen LogP) is 3.93. The zero-order valence-electron chi connectivity index (χ0n) is 11.8. The molecule has 2 aromatic rings. The summed E-state index contributed by atoms with van der Waals surface area (Å²) in [5, 5.41) is 18.7. The van der Waals surface area contributed by atoms with E-state index in [1.807, 2.05) is 35.2 Å². The molecule has 0 aliphatic carbocycles. The summed E-state index contributed by atoms with van der Waals surface area (Å²) in [6, 6.07) is 16.3. The molecule has 2 rings (SSSR count). The van der Waals surface area contributed by atoms with Crippen LogP contribution in [0.15, 0.2) is 48.5 Å². The van der Waals surface area contributed by atoms with E-state index in [0.717, 1.165) is 5.69 Å². The number of aliphatic hydroxyl groups is 1. The predicted molar refractivity (Wildman–Crippen MR) is 80.7 cm³/mol. The molecule has 1 N–H and O–H groups in total. The molecule has 0 heterocycles. The van der Waals surface area contributed by atoms with Gasteiger partial charge in [0.25, 0.3) is 0 Å².